The number of nitrogens with zero attached hydrogens (tertiary/aromatic N) is 2. The molecule has 25 heavy (non-hydrogen) atoms. The molecule has 0 aliphatic carbocycles. The van der Waals surface area contributed by atoms with Gasteiger partial charge in [0.2, 0.25) is 0 Å². The predicted molar refractivity (Wildman–Crippen MR) is 100 cm³/mol. The molecule has 1 aromatic heterocycles. The molecule has 0 aliphatic heterocycles. The summed E-state index contributed by atoms with van der Waals surface area (Å²) in [5.74, 6) is 0. The van der Waals surface area contributed by atoms with Crippen molar-refractivity contribution in [3.05, 3.63) is 82.4 Å². The minimum atomic E-state index is -0.391. The van der Waals surface area contributed by atoms with Crippen molar-refractivity contribution < 1.29 is 4.92 Å². The number of nitrogens with one attached hydrogen (secondary N) is 1. The van der Waals surface area contributed by atoms with Crippen LogP contribution in [0.5, 0.6) is 0 Å². The fraction of sp³-hybridized carbons (Fsp3) is 0.0500. The lowest BCUT2D eigenvalue weighted by atomic mass is 10.1. The van der Waals surface area contributed by atoms with Crippen LogP contribution in [0.1, 0.15) is 5.56 Å². The van der Waals surface area contributed by atoms with E-state index in [2.05, 4.69) is 11.4 Å². The third-order valence-electron chi connectivity index (χ3n) is 4.16. The van der Waals surface area contributed by atoms with Crippen molar-refractivity contribution in [3.63, 3.8) is 0 Å². The van der Waals surface area contributed by atoms with Gasteiger partial charge in [-0.25, -0.2) is 4.98 Å². The van der Waals surface area contributed by atoms with Crippen molar-refractivity contribution in [2.24, 2.45) is 0 Å². The van der Waals surface area contributed by atoms with Crippen molar-refractivity contribution in [1.82, 2.24) is 4.98 Å². The Morgan fingerprint density at radius 2 is 1.72 bits per heavy atom. The van der Waals surface area contributed by atoms with Crippen molar-refractivity contribution in [1.29, 1.82) is 0 Å². The molecule has 0 unspecified atom stereocenters. The Labute approximate surface area is 144 Å². The highest BCUT2D eigenvalue weighted by Gasteiger charge is 2.11. The summed E-state index contributed by atoms with van der Waals surface area (Å²) < 4.78 is 0. The summed E-state index contributed by atoms with van der Waals surface area (Å²) in [5, 5.41) is 16.4. The van der Waals surface area contributed by atoms with E-state index in [-0.39, 0.29) is 5.69 Å². The number of fused-ring (bicyclic) bond motifs is 2. The van der Waals surface area contributed by atoms with Crippen molar-refractivity contribution in [2.45, 2.75) is 6.92 Å². The molecule has 0 radical (unpaired) electrons. The Hall–Kier alpha value is -3.47. The maximum atomic E-state index is 11.0. The van der Waals surface area contributed by atoms with Crippen LogP contribution in [0, 0.1) is 17.0 Å². The average molecular weight is 329 g/mol. The second-order valence-corrected chi connectivity index (χ2v) is 5.96. The summed E-state index contributed by atoms with van der Waals surface area (Å²) in [6, 6.07) is 20.5. The van der Waals surface area contributed by atoms with Gasteiger partial charge in [-0.1, -0.05) is 35.9 Å². The molecule has 0 bridgehead atoms. The molecule has 0 saturated heterocycles. The second-order valence-electron chi connectivity index (χ2n) is 5.96. The van der Waals surface area contributed by atoms with Gasteiger partial charge < -0.3 is 5.32 Å². The number of para-hydroxylation sites is 1. The highest BCUT2D eigenvalue weighted by atomic mass is 16.6. The molecular weight excluding hydrogens is 314 g/mol. The van der Waals surface area contributed by atoms with Crippen LogP contribution in [0.25, 0.3) is 21.8 Å². The number of non-ortho nitro benzene ring substituents is 1. The summed E-state index contributed by atoms with van der Waals surface area (Å²) >= 11 is 0. The quantitative estimate of drug-likeness (QED) is 0.312. The lowest BCUT2D eigenvalue weighted by Gasteiger charge is -2.13. The molecule has 0 aliphatic rings. The van der Waals surface area contributed by atoms with E-state index in [0.29, 0.717) is 5.69 Å². The Morgan fingerprint density at radius 1 is 0.920 bits per heavy atom. The lowest BCUT2D eigenvalue weighted by Crippen LogP contribution is -1.96. The Balaban J connectivity index is 1.96. The minimum Gasteiger partial charge on any atom is -0.354 e. The topological polar surface area (TPSA) is 68.1 Å². The molecule has 4 aromatic rings. The summed E-state index contributed by atoms with van der Waals surface area (Å²) in [4.78, 5) is 15.4. The highest BCUT2D eigenvalue weighted by molar-refractivity contribution is 6.08. The number of pyridine rings is 1. The number of hydrogen-bond donors (Lipinski definition) is 1. The first-order chi connectivity index (χ1) is 12.1. The largest absolute Gasteiger partial charge is 0.354 e. The van der Waals surface area contributed by atoms with Gasteiger partial charge in [0, 0.05) is 28.6 Å². The molecule has 1 heterocycles. The highest BCUT2D eigenvalue weighted by Crippen LogP contribution is 2.34. The normalized spacial score (nSPS) is 10.9. The number of anilines is 2. The zero-order valence-electron chi connectivity index (χ0n) is 13.6. The van der Waals surface area contributed by atoms with Crippen LogP contribution in [-0.4, -0.2) is 9.91 Å². The van der Waals surface area contributed by atoms with Gasteiger partial charge in [0.25, 0.3) is 5.69 Å². The fourth-order valence-electron chi connectivity index (χ4n) is 2.98. The second kappa shape index (κ2) is 5.87. The molecule has 4 rings (SSSR count). The number of rotatable bonds is 3. The van der Waals surface area contributed by atoms with E-state index < -0.39 is 4.92 Å². The molecule has 122 valence electrons. The molecular formula is C20H15N3O2. The first-order valence-electron chi connectivity index (χ1n) is 7.92. The summed E-state index contributed by atoms with van der Waals surface area (Å²) in [7, 11) is 0. The molecule has 5 nitrogen and oxygen atoms in total. The Kier molecular flexibility index (Phi) is 3.54. The molecule has 0 saturated carbocycles. The van der Waals surface area contributed by atoms with Gasteiger partial charge in [-0.15, -0.1) is 0 Å². The minimum absolute atomic E-state index is 0.0591. The van der Waals surface area contributed by atoms with Crippen LogP contribution in [0.3, 0.4) is 0 Å². The monoisotopic (exact) mass is 329 g/mol. The summed E-state index contributed by atoms with van der Waals surface area (Å²) in [5.41, 5.74) is 4.54. The smallest absolute Gasteiger partial charge is 0.271 e. The fourth-order valence-corrected chi connectivity index (χ4v) is 2.98. The third-order valence-corrected chi connectivity index (χ3v) is 4.16. The molecule has 1 N–H and O–H groups in total. The molecule has 3 aromatic carbocycles. The number of hydrogen-bond acceptors (Lipinski definition) is 4. The lowest BCUT2D eigenvalue weighted by molar-refractivity contribution is -0.384. The van der Waals surface area contributed by atoms with E-state index in [9.17, 15) is 10.1 Å². The summed E-state index contributed by atoms with van der Waals surface area (Å²) in [6.45, 7) is 2.03. The number of nitro benzene ring substituents is 1. The van der Waals surface area contributed by atoms with Crippen LogP contribution in [-0.2, 0) is 0 Å². The van der Waals surface area contributed by atoms with Gasteiger partial charge in [0.1, 0.15) is 0 Å². The van der Waals surface area contributed by atoms with Crippen LogP contribution < -0.4 is 5.32 Å². The van der Waals surface area contributed by atoms with Crippen molar-refractivity contribution >= 4 is 38.9 Å². The van der Waals surface area contributed by atoms with Crippen molar-refractivity contribution in [2.75, 3.05) is 5.32 Å². The SMILES string of the molecule is Cc1ccc2nc3ccccc3c(Nc3cccc([N+](=O)[O-])c3)c2c1. The average Bonchev–Trinajstić information content (AvgIpc) is 2.62. The van der Waals surface area contributed by atoms with E-state index in [0.717, 1.165) is 33.1 Å². The van der Waals surface area contributed by atoms with Gasteiger partial charge in [-0.3, -0.25) is 10.1 Å². The van der Waals surface area contributed by atoms with E-state index in [4.69, 9.17) is 4.98 Å². The first-order valence-corrected chi connectivity index (χ1v) is 7.92. The van der Waals surface area contributed by atoms with E-state index >= 15 is 0 Å². The number of benzene rings is 3. The van der Waals surface area contributed by atoms with Gasteiger partial charge in [-0.2, -0.15) is 0 Å². The predicted octanol–water partition coefficient (Wildman–Crippen LogP) is 5.35. The van der Waals surface area contributed by atoms with Crippen LogP contribution in [0.4, 0.5) is 17.1 Å². The molecule has 0 fully saturated rings. The number of aryl methyl sites for hydroxylation is 1. The first kappa shape index (κ1) is 15.1. The molecule has 0 atom stereocenters. The van der Waals surface area contributed by atoms with E-state index in [1.165, 1.54) is 12.1 Å². The maximum Gasteiger partial charge on any atom is 0.271 e. The van der Waals surface area contributed by atoms with Gasteiger partial charge >= 0.3 is 0 Å². The Morgan fingerprint density at radius 3 is 2.56 bits per heavy atom. The molecule has 0 amide bonds. The maximum absolute atomic E-state index is 11.0. The van der Waals surface area contributed by atoms with E-state index in [1.54, 1.807) is 6.07 Å². The van der Waals surface area contributed by atoms with Crippen LogP contribution >= 0.6 is 0 Å². The third kappa shape index (κ3) is 2.76. The van der Waals surface area contributed by atoms with Crippen molar-refractivity contribution in [3.8, 4) is 0 Å². The molecule has 0 spiro atoms. The van der Waals surface area contributed by atoms with Gasteiger partial charge in [0.15, 0.2) is 0 Å². The van der Waals surface area contributed by atoms with Gasteiger partial charge in [0.05, 0.1) is 21.6 Å². The van der Waals surface area contributed by atoms with Crippen LogP contribution in [0.2, 0.25) is 0 Å². The van der Waals surface area contributed by atoms with E-state index in [1.807, 2.05) is 49.4 Å². The standard InChI is InChI=1S/C20H15N3O2/c1-13-9-10-19-17(11-13)20(16-7-2-3-8-18(16)22-19)21-14-5-4-6-15(12-14)23(24)25/h2-12H,1H3,(H,21,22). The van der Waals surface area contributed by atoms with Crippen LogP contribution in [0.15, 0.2) is 66.7 Å². The number of aromatic nitrogens is 1. The summed E-state index contributed by atoms with van der Waals surface area (Å²) in [6.07, 6.45) is 0. The number of nitro groups is 1. The zero-order chi connectivity index (χ0) is 17.4. The Bertz CT molecular complexity index is 1120. The van der Waals surface area contributed by atoms with Gasteiger partial charge in [-0.05, 0) is 31.2 Å². The molecule has 5 heteroatoms. The zero-order valence-corrected chi connectivity index (χ0v) is 13.6.